The highest BCUT2D eigenvalue weighted by molar-refractivity contribution is 7.80. The SMILES string of the molecule is CCCCCOCCCOc1ccc(C(N)=S)cc1. The maximum Gasteiger partial charge on any atom is 0.119 e. The van der Waals surface area contributed by atoms with Gasteiger partial charge < -0.3 is 15.2 Å². The molecule has 0 atom stereocenters. The normalized spacial score (nSPS) is 10.4. The van der Waals surface area contributed by atoms with Gasteiger partial charge in [-0.15, -0.1) is 0 Å². The summed E-state index contributed by atoms with van der Waals surface area (Å²) in [5.41, 5.74) is 6.39. The number of thiocarbonyl (C=S) groups is 1. The van der Waals surface area contributed by atoms with E-state index in [9.17, 15) is 0 Å². The van der Waals surface area contributed by atoms with Crippen LogP contribution in [-0.4, -0.2) is 24.8 Å². The van der Waals surface area contributed by atoms with E-state index < -0.39 is 0 Å². The lowest BCUT2D eigenvalue weighted by atomic mass is 10.2. The minimum atomic E-state index is 0.409. The first-order valence-electron chi connectivity index (χ1n) is 6.84. The fourth-order valence-electron chi connectivity index (χ4n) is 1.62. The Balaban J connectivity index is 2.07. The maximum absolute atomic E-state index is 5.60. The van der Waals surface area contributed by atoms with E-state index in [0.717, 1.165) is 37.4 Å². The molecular formula is C15H23NO2S. The summed E-state index contributed by atoms with van der Waals surface area (Å²) in [5, 5.41) is 0. The van der Waals surface area contributed by atoms with E-state index in [1.54, 1.807) is 0 Å². The summed E-state index contributed by atoms with van der Waals surface area (Å²) < 4.78 is 11.1. The molecule has 0 unspecified atom stereocenters. The predicted octanol–water partition coefficient (Wildman–Crippen LogP) is 3.30. The van der Waals surface area contributed by atoms with Crippen molar-refractivity contribution in [2.75, 3.05) is 19.8 Å². The molecule has 19 heavy (non-hydrogen) atoms. The van der Waals surface area contributed by atoms with Crippen molar-refractivity contribution in [2.45, 2.75) is 32.6 Å². The smallest absolute Gasteiger partial charge is 0.119 e. The van der Waals surface area contributed by atoms with Gasteiger partial charge in [0, 0.05) is 25.2 Å². The van der Waals surface area contributed by atoms with Crippen LogP contribution in [0.2, 0.25) is 0 Å². The first-order valence-corrected chi connectivity index (χ1v) is 7.25. The van der Waals surface area contributed by atoms with Gasteiger partial charge in [-0.2, -0.15) is 0 Å². The van der Waals surface area contributed by atoms with Crippen LogP contribution in [0.25, 0.3) is 0 Å². The molecule has 0 fully saturated rings. The second-order valence-corrected chi connectivity index (χ2v) is 4.85. The third-order valence-electron chi connectivity index (χ3n) is 2.73. The summed E-state index contributed by atoms with van der Waals surface area (Å²) >= 11 is 4.89. The molecular weight excluding hydrogens is 258 g/mol. The van der Waals surface area contributed by atoms with Crippen LogP contribution < -0.4 is 10.5 Å². The van der Waals surface area contributed by atoms with Crippen LogP contribution >= 0.6 is 12.2 Å². The van der Waals surface area contributed by atoms with Crippen LogP contribution in [0.3, 0.4) is 0 Å². The molecule has 3 nitrogen and oxygen atoms in total. The van der Waals surface area contributed by atoms with Crippen molar-refractivity contribution in [2.24, 2.45) is 5.73 Å². The second-order valence-electron chi connectivity index (χ2n) is 4.41. The molecule has 0 aromatic heterocycles. The molecule has 0 saturated heterocycles. The van der Waals surface area contributed by atoms with Crippen LogP contribution in [0.1, 0.15) is 38.2 Å². The van der Waals surface area contributed by atoms with Crippen LogP contribution in [0.4, 0.5) is 0 Å². The molecule has 1 aromatic rings. The van der Waals surface area contributed by atoms with Crippen LogP contribution in [0.5, 0.6) is 5.75 Å². The van der Waals surface area contributed by atoms with Crippen LogP contribution in [-0.2, 0) is 4.74 Å². The van der Waals surface area contributed by atoms with Crippen molar-refractivity contribution in [3.05, 3.63) is 29.8 Å². The summed E-state index contributed by atoms with van der Waals surface area (Å²) in [6, 6.07) is 7.52. The molecule has 0 aliphatic carbocycles. The number of ether oxygens (including phenoxy) is 2. The third kappa shape index (κ3) is 7.13. The zero-order chi connectivity index (χ0) is 13.9. The number of rotatable bonds is 10. The minimum Gasteiger partial charge on any atom is -0.494 e. The van der Waals surface area contributed by atoms with Crippen molar-refractivity contribution < 1.29 is 9.47 Å². The Bertz CT molecular complexity index is 365. The molecule has 4 heteroatoms. The monoisotopic (exact) mass is 281 g/mol. The lowest BCUT2D eigenvalue weighted by Gasteiger charge is -2.07. The van der Waals surface area contributed by atoms with E-state index in [2.05, 4.69) is 6.92 Å². The molecule has 0 heterocycles. The Kier molecular flexibility index (Phi) is 8.18. The highest BCUT2D eigenvalue weighted by Gasteiger charge is 1.97. The summed E-state index contributed by atoms with van der Waals surface area (Å²) in [6.45, 7) is 4.47. The van der Waals surface area contributed by atoms with Crippen molar-refractivity contribution in [3.8, 4) is 5.75 Å². The molecule has 0 aliphatic rings. The molecule has 0 bridgehead atoms. The van der Waals surface area contributed by atoms with Crippen molar-refractivity contribution in [1.82, 2.24) is 0 Å². The quantitative estimate of drug-likeness (QED) is 0.528. The standard InChI is InChI=1S/C15H23NO2S/c1-2-3-4-10-17-11-5-12-18-14-8-6-13(7-9-14)15(16)19/h6-9H,2-5,10-12H2,1H3,(H2,16,19). The summed E-state index contributed by atoms with van der Waals surface area (Å²) in [7, 11) is 0. The molecule has 0 amide bonds. The van der Waals surface area contributed by atoms with E-state index in [-0.39, 0.29) is 0 Å². The maximum atomic E-state index is 5.60. The molecule has 0 spiro atoms. The first-order chi connectivity index (χ1) is 9.24. The van der Waals surface area contributed by atoms with Gasteiger partial charge in [-0.25, -0.2) is 0 Å². The number of hydrogen-bond donors (Lipinski definition) is 1. The van der Waals surface area contributed by atoms with Gasteiger partial charge in [0.05, 0.1) is 6.61 Å². The fourth-order valence-corrected chi connectivity index (χ4v) is 1.76. The Labute approximate surface area is 121 Å². The first kappa shape index (κ1) is 15.9. The van der Waals surface area contributed by atoms with E-state index >= 15 is 0 Å². The molecule has 0 radical (unpaired) electrons. The molecule has 0 saturated carbocycles. The third-order valence-corrected chi connectivity index (χ3v) is 2.97. The Morgan fingerprint density at radius 1 is 1.05 bits per heavy atom. The van der Waals surface area contributed by atoms with Gasteiger partial charge in [-0.1, -0.05) is 32.0 Å². The predicted molar refractivity (Wildman–Crippen MR) is 82.8 cm³/mol. The van der Waals surface area contributed by atoms with Gasteiger partial charge in [0.2, 0.25) is 0 Å². The van der Waals surface area contributed by atoms with E-state index in [0.29, 0.717) is 11.6 Å². The number of hydrogen-bond acceptors (Lipinski definition) is 3. The number of nitrogens with two attached hydrogens (primary N) is 1. The average molecular weight is 281 g/mol. The largest absolute Gasteiger partial charge is 0.494 e. The topological polar surface area (TPSA) is 44.5 Å². The Morgan fingerprint density at radius 3 is 2.37 bits per heavy atom. The van der Waals surface area contributed by atoms with Crippen molar-refractivity contribution >= 4 is 17.2 Å². The molecule has 106 valence electrons. The molecule has 1 rings (SSSR count). The van der Waals surface area contributed by atoms with Crippen LogP contribution in [0.15, 0.2) is 24.3 Å². The average Bonchev–Trinajstić information content (AvgIpc) is 2.42. The van der Waals surface area contributed by atoms with E-state index in [1.807, 2.05) is 24.3 Å². The lowest BCUT2D eigenvalue weighted by molar-refractivity contribution is 0.116. The number of benzene rings is 1. The van der Waals surface area contributed by atoms with Crippen LogP contribution in [0, 0.1) is 0 Å². The highest BCUT2D eigenvalue weighted by atomic mass is 32.1. The van der Waals surface area contributed by atoms with Gasteiger partial charge in [-0.3, -0.25) is 0 Å². The van der Waals surface area contributed by atoms with E-state index in [1.165, 1.54) is 12.8 Å². The molecule has 2 N–H and O–H groups in total. The summed E-state index contributed by atoms with van der Waals surface area (Å²) in [6.07, 6.45) is 4.53. The minimum absolute atomic E-state index is 0.409. The Hall–Kier alpha value is -1.13. The van der Waals surface area contributed by atoms with E-state index in [4.69, 9.17) is 27.4 Å². The van der Waals surface area contributed by atoms with Gasteiger partial charge in [0.25, 0.3) is 0 Å². The van der Waals surface area contributed by atoms with Crippen molar-refractivity contribution in [1.29, 1.82) is 0 Å². The van der Waals surface area contributed by atoms with Crippen molar-refractivity contribution in [3.63, 3.8) is 0 Å². The molecule has 0 aliphatic heterocycles. The van der Waals surface area contributed by atoms with Gasteiger partial charge >= 0.3 is 0 Å². The second kappa shape index (κ2) is 9.75. The fraction of sp³-hybridized carbons (Fsp3) is 0.533. The summed E-state index contributed by atoms with van der Waals surface area (Å²) in [5.74, 6) is 0.839. The zero-order valence-corrected chi connectivity index (χ0v) is 12.4. The molecule has 1 aromatic carbocycles. The zero-order valence-electron chi connectivity index (χ0n) is 11.6. The van der Waals surface area contributed by atoms with Gasteiger partial charge in [0.1, 0.15) is 10.7 Å². The highest BCUT2D eigenvalue weighted by Crippen LogP contribution is 2.12. The van der Waals surface area contributed by atoms with Gasteiger partial charge in [-0.05, 0) is 30.7 Å². The van der Waals surface area contributed by atoms with Gasteiger partial charge in [0.15, 0.2) is 0 Å². The lowest BCUT2D eigenvalue weighted by Crippen LogP contribution is -2.09. The number of unbranched alkanes of at least 4 members (excludes halogenated alkanes) is 2. The summed E-state index contributed by atoms with van der Waals surface area (Å²) in [4.78, 5) is 0.409. The Morgan fingerprint density at radius 2 is 1.74 bits per heavy atom.